The van der Waals surface area contributed by atoms with Gasteiger partial charge in [-0.1, -0.05) is 41.9 Å². The molecule has 1 amide bonds. The van der Waals surface area contributed by atoms with E-state index in [-0.39, 0.29) is 17.5 Å². The summed E-state index contributed by atoms with van der Waals surface area (Å²) in [5.41, 5.74) is 6.52. The molecule has 0 spiro atoms. The van der Waals surface area contributed by atoms with E-state index in [0.717, 1.165) is 5.56 Å². The third-order valence-electron chi connectivity index (χ3n) is 6.05. The number of benzene rings is 2. The Hall–Kier alpha value is -4.16. The SMILES string of the molecule is N#C/N=C(/Oc1ccccc1)N1CCC(CNC(=O)c2nccnc2N)(c2cccc(Cl)c2)CC1. The molecule has 1 saturated heterocycles. The van der Waals surface area contributed by atoms with Crippen molar-refractivity contribution >= 4 is 29.3 Å². The van der Waals surface area contributed by atoms with Crippen LogP contribution in [0, 0.1) is 11.5 Å². The Morgan fingerprint density at radius 3 is 2.60 bits per heavy atom. The maximum Gasteiger partial charge on any atom is 0.308 e. The van der Waals surface area contributed by atoms with E-state index in [1.165, 1.54) is 12.4 Å². The topological polar surface area (TPSA) is 130 Å². The molecular formula is C25H24ClN7O2. The van der Waals surface area contributed by atoms with Gasteiger partial charge in [0, 0.05) is 42.5 Å². The van der Waals surface area contributed by atoms with Crippen molar-refractivity contribution in [3.05, 3.63) is 83.3 Å². The van der Waals surface area contributed by atoms with Crippen molar-refractivity contribution in [3.8, 4) is 11.9 Å². The van der Waals surface area contributed by atoms with Crippen LogP contribution in [0.4, 0.5) is 5.82 Å². The molecule has 178 valence electrons. The molecule has 1 aliphatic heterocycles. The zero-order valence-electron chi connectivity index (χ0n) is 18.9. The first-order chi connectivity index (χ1) is 17.0. The summed E-state index contributed by atoms with van der Waals surface area (Å²) in [5, 5.41) is 12.8. The number of aromatic nitrogens is 2. The van der Waals surface area contributed by atoms with Crippen LogP contribution in [0.15, 0.2) is 72.0 Å². The number of nitrogens with zero attached hydrogens (tertiary/aromatic N) is 5. The largest absolute Gasteiger partial charge is 0.425 e. The highest BCUT2D eigenvalue weighted by Gasteiger charge is 2.38. The normalized spacial score (nSPS) is 15.2. The number of rotatable bonds is 5. The standard InChI is InChI=1S/C25H24ClN7O2/c26-19-6-4-5-18(15-19)25(16-31-23(34)21-22(28)30-12-11-29-21)9-13-33(14-10-25)24(32-17-27)35-20-7-2-1-3-8-20/h1-8,11-12,15H,9-10,13-14,16H2,(H2,28,30)(H,31,34)/b32-24+. The molecule has 4 rings (SSSR count). The van der Waals surface area contributed by atoms with Crippen molar-refractivity contribution in [2.75, 3.05) is 25.4 Å². The number of hydrogen-bond donors (Lipinski definition) is 2. The number of nitrogens with one attached hydrogen (secondary N) is 1. The molecule has 0 saturated carbocycles. The van der Waals surface area contributed by atoms with E-state index in [2.05, 4.69) is 20.3 Å². The first-order valence-electron chi connectivity index (χ1n) is 11.1. The minimum absolute atomic E-state index is 0.0760. The molecule has 0 unspecified atom stereocenters. The zero-order chi connectivity index (χ0) is 24.7. The van der Waals surface area contributed by atoms with Gasteiger partial charge in [0.25, 0.3) is 5.91 Å². The Labute approximate surface area is 208 Å². The lowest BCUT2D eigenvalue weighted by molar-refractivity contribution is 0.0926. The van der Waals surface area contributed by atoms with E-state index in [4.69, 9.17) is 22.1 Å². The number of nitrogen functional groups attached to an aromatic ring is 1. The molecule has 0 atom stereocenters. The number of halogens is 1. The summed E-state index contributed by atoms with van der Waals surface area (Å²) in [7, 11) is 0. The predicted molar refractivity (Wildman–Crippen MR) is 133 cm³/mol. The summed E-state index contributed by atoms with van der Waals surface area (Å²) < 4.78 is 5.89. The maximum atomic E-state index is 12.8. The molecule has 0 bridgehead atoms. The van der Waals surface area contributed by atoms with Crippen LogP contribution in [0.1, 0.15) is 28.9 Å². The molecule has 3 N–H and O–H groups in total. The third-order valence-corrected chi connectivity index (χ3v) is 6.29. The molecule has 1 aliphatic rings. The highest BCUT2D eigenvalue weighted by molar-refractivity contribution is 6.30. The molecule has 0 aliphatic carbocycles. The van der Waals surface area contributed by atoms with Gasteiger partial charge in [-0.15, -0.1) is 4.99 Å². The lowest BCUT2D eigenvalue weighted by Gasteiger charge is -2.42. The van der Waals surface area contributed by atoms with Crippen LogP contribution in [0.2, 0.25) is 5.02 Å². The van der Waals surface area contributed by atoms with Gasteiger partial charge >= 0.3 is 6.02 Å². The second-order valence-electron chi connectivity index (χ2n) is 8.16. The van der Waals surface area contributed by atoms with Crippen molar-refractivity contribution in [1.82, 2.24) is 20.2 Å². The van der Waals surface area contributed by atoms with Gasteiger partial charge in [-0.05, 0) is 42.7 Å². The summed E-state index contributed by atoms with van der Waals surface area (Å²) >= 11 is 6.31. The first-order valence-corrected chi connectivity index (χ1v) is 11.4. The van der Waals surface area contributed by atoms with E-state index >= 15 is 0 Å². The average Bonchev–Trinajstić information content (AvgIpc) is 2.88. The number of ether oxygens (including phenoxy) is 1. The number of amides is 1. The van der Waals surface area contributed by atoms with Crippen LogP contribution in [-0.4, -0.2) is 46.4 Å². The fourth-order valence-electron chi connectivity index (χ4n) is 4.16. The quantitative estimate of drug-likeness (QED) is 0.319. The van der Waals surface area contributed by atoms with Gasteiger partial charge in [-0.2, -0.15) is 5.26 Å². The number of anilines is 1. The second-order valence-corrected chi connectivity index (χ2v) is 8.60. The molecule has 0 radical (unpaired) electrons. The molecule has 35 heavy (non-hydrogen) atoms. The lowest BCUT2D eigenvalue weighted by atomic mass is 9.72. The number of amidine groups is 1. The highest BCUT2D eigenvalue weighted by atomic mass is 35.5. The van der Waals surface area contributed by atoms with E-state index in [9.17, 15) is 10.1 Å². The molecule has 2 aromatic carbocycles. The number of hydrogen-bond acceptors (Lipinski definition) is 7. The van der Waals surface area contributed by atoms with Gasteiger partial charge in [0.05, 0.1) is 0 Å². The number of piperidine rings is 1. The zero-order valence-corrected chi connectivity index (χ0v) is 19.7. The summed E-state index contributed by atoms with van der Waals surface area (Å²) in [6.45, 7) is 1.46. The molecular weight excluding hydrogens is 466 g/mol. The number of carbonyl (C=O) groups is 1. The Morgan fingerprint density at radius 1 is 1.17 bits per heavy atom. The fourth-order valence-corrected chi connectivity index (χ4v) is 4.35. The highest BCUT2D eigenvalue weighted by Crippen LogP contribution is 2.36. The van der Waals surface area contributed by atoms with Gasteiger partial charge in [0.2, 0.25) is 6.19 Å². The lowest BCUT2D eigenvalue weighted by Crippen LogP contribution is -2.51. The van der Waals surface area contributed by atoms with Crippen molar-refractivity contribution in [1.29, 1.82) is 5.26 Å². The molecule has 2 heterocycles. The van der Waals surface area contributed by atoms with Crippen LogP contribution in [0.25, 0.3) is 0 Å². The van der Waals surface area contributed by atoms with Gasteiger partial charge in [-0.25, -0.2) is 9.97 Å². The van der Waals surface area contributed by atoms with Crippen LogP contribution in [0.5, 0.6) is 5.75 Å². The molecule has 9 nitrogen and oxygen atoms in total. The van der Waals surface area contributed by atoms with Crippen molar-refractivity contribution in [2.24, 2.45) is 4.99 Å². The summed E-state index contributed by atoms with van der Waals surface area (Å²) in [4.78, 5) is 26.6. The molecule has 3 aromatic rings. The molecule has 1 fully saturated rings. The monoisotopic (exact) mass is 489 g/mol. The van der Waals surface area contributed by atoms with E-state index < -0.39 is 11.3 Å². The Bertz CT molecular complexity index is 1250. The van der Waals surface area contributed by atoms with Gasteiger partial charge in [0.15, 0.2) is 11.5 Å². The molecule has 10 heteroatoms. The number of para-hydroxylation sites is 1. The van der Waals surface area contributed by atoms with Crippen LogP contribution in [0.3, 0.4) is 0 Å². The van der Waals surface area contributed by atoms with Crippen LogP contribution >= 0.6 is 11.6 Å². The second kappa shape index (κ2) is 10.8. The predicted octanol–water partition coefficient (Wildman–Crippen LogP) is 3.39. The van der Waals surface area contributed by atoms with Crippen molar-refractivity contribution in [3.63, 3.8) is 0 Å². The average molecular weight is 490 g/mol. The number of aliphatic imine (C=N–C) groups is 1. The summed E-state index contributed by atoms with van der Waals surface area (Å²) in [5.74, 6) is 0.285. The first kappa shape index (κ1) is 24.0. The van der Waals surface area contributed by atoms with Crippen LogP contribution in [-0.2, 0) is 5.41 Å². The minimum Gasteiger partial charge on any atom is -0.425 e. The van der Waals surface area contributed by atoms with E-state index in [0.29, 0.717) is 43.2 Å². The van der Waals surface area contributed by atoms with Crippen molar-refractivity contribution in [2.45, 2.75) is 18.3 Å². The third kappa shape index (κ3) is 5.67. The maximum absolute atomic E-state index is 12.8. The Kier molecular flexibility index (Phi) is 7.43. The smallest absolute Gasteiger partial charge is 0.308 e. The summed E-state index contributed by atoms with van der Waals surface area (Å²) in [6.07, 6.45) is 6.02. The number of nitrogens with two attached hydrogens (primary N) is 1. The van der Waals surface area contributed by atoms with Gasteiger partial charge in [0.1, 0.15) is 5.75 Å². The number of nitriles is 1. The van der Waals surface area contributed by atoms with Gasteiger partial charge in [-0.3, -0.25) is 4.79 Å². The van der Waals surface area contributed by atoms with E-state index in [1.807, 2.05) is 53.6 Å². The van der Waals surface area contributed by atoms with Crippen molar-refractivity contribution < 1.29 is 9.53 Å². The minimum atomic E-state index is -0.404. The Morgan fingerprint density at radius 2 is 1.91 bits per heavy atom. The summed E-state index contributed by atoms with van der Waals surface area (Å²) in [6, 6.07) is 17.1. The Balaban J connectivity index is 1.53. The van der Waals surface area contributed by atoms with E-state index in [1.54, 1.807) is 12.1 Å². The fraction of sp³-hybridized carbons (Fsp3) is 0.240. The van der Waals surface area contributed by atoms with Gasteiger partial charge < -0.3 is 20.7 Å². The number of carbonyl (C=O) groups excluding carboxylic acids is 1. The van der Waals surface area contributed by atoms with Crippen LogP contribution < -0.4 is 15.8 Å². The number of likely N-dealkylation sites (tertiary alicyclic amines) is 1. The molecule has 1 aromatic heterocycles.